The van der Waals surface area contributed by atoms with Crippen LogP contribution in [-0.4, -0.2) is 21.1 Å². The van der Waals surface area contributed by atoms with Crippen LogP contribution in [0.5, 0.6) is 0 Å². The third kappa shape index (κ3) is 5.42. The summed E-state index contributed by atoms with van der Waals surface area (Å²) in [4.78, 5) is 22.8. The number of hydrogen-bond donors (Lipinski definition) is 1. The lowest BCUT2D eigenvalue weighted by Gasteiger charge is -2.28. The zero-order valence-corrected chi connectivity index (χ0v) is 16.2. The van der Waals surface area contributed by atoms with Crippen LogP contribution in [0.4, 0.5) is 9.18 Å². The predicted octanol–water partition coefficient (Wildman–Crippen LogP) is 4.54. The number of nitrogens with one attached hydrogen (secondary N) is 1. The van der Waals surface area contributed by atoms with Crippen molar-refractivity contribution in [2.45, 2.75) is 43.8 Å². The number of halogens is 3. The zero-order valence-electron chi connectivity index (χ0n) is 13.0. The van der Waals surface area contributed by atoms with Gasteiger partial charge in [0, 0.05) is 27.8 Å². The Morgan fingerprint density at radius 2 is 1.96 bits per heavy atom. The highest BCUT2D eigenvalue weighted by Crippen LogP contribution is 2.35. The second kappa shape index (κ2) is 7.12. The molecular formula is C14H17Br2FN2O4. The Hall–Kier alpha value is -1.22. The van der Waals surface area contributed by atoms with Crippen LogP contribution in [-0.2, 0) is 4.74 Å². The summed E-state index contributed by atoms with van der Waals surface area (Å²) in [7, 11) is 0. The summed E-state index contributed by atoms with van der Waals surface area (Å²) in [6.07, 6.45) is -0.810. The molecule has 6 nitrogen and oxygen atoms in total. The van der Waals surface area contributed by atoms with Gasteiger partial charge in [-0.05, 0) is 54.4 Å². The molecule has 0 fully saturated rings. The monoisotopic (exact) mass is 454 g/mol. The first kappa shape index (κ1) is 19.8. The van der Waals surface area contributed by atoms with E-state index in [-0.39, 0.29) is 4.47 Å². The van der Waals surface area contributed by atoms with Crippen LogP contribution in [0.3, 0.4) is 0 Å². The fourth-order valence-electron chi connectivity index (χ4n) is 1.74. The van der Waals surface area contributed by atoms with Gasteiger partial charge in [-0.25, -0.2) is 9.18 Å². The standard InChI is InChI=1S/C14H17Br2FN2O4/c1-13(2,3)23-12(20)18-11(14(4,16)19(21)22)8-5-6-10(17)9(15)7-8/h5-7,11H,1-4H3,(H,18,20)/t11-,14+/m1/s1. The van der Waals surface area contributed by atoms with E-state index in [1.807, 2.05) is 0 Å². The summed E-state index contributed by atoms with van der Waals surface area (Å²) >= 11 is 6.05. The molecule has 0 radical (unpaired) electrons. The molecule has 0 spiro atoms. The molecule has 1 amide bonds. The van der Waals surface area contributed by atoms with E-state index >= 15 is 0 Å². The van der Waals surface area contributed by atoms with Gasteiger partial charge in [0.05, 0.1) is 4.47 Å². The molecule has 0 saturated carbocycles. The lowest BCUT2D eigenvalue weighted by Crippen LogP contribution is -2.46. The molecule has 23 heavy (non-hydrogen) atoms. The van der Waals surface area contributed by atoms with Crippen molar-refractivity contribution < 1.29 is 18.8 Å². The van der Waals surface area contributed by atoms with E-state index in [9.17, 15) is 19.3 Å². The van der Waals surface area contributed by atoms with Gasteiger partial charge in [-0.15, -0.1) is 0 Å². The van der Waals surface area contributed by atoms with Gasteiger partial charge < -0.3 is 10.1 Å². The van der Waals surface area contributed by atoms with Gasteiger partial charge in [0.1, 0.15) is 17.5 Å². The maximum atomic E-state index is 13.4. The molecule has 1 N–H and O–H groups in total. The van der Waals surface area contributed by atoms with Gasteiger partial charge in [0.2, 0.25) is 0 Å². The number of carbonyl (C=O) groups excluding carboxylic acids is 1. The van der Waals surface area contributed by atoms with Gasteiger partial charge in [0.25, 0.3) is 4.45 Å². The second-order valence-corrected chi connectivity index (χ2v) is 8.49. The molecule has 0 aliphatic heterocycles. The van der Waals surface area contributed by atoms with E-state index in [0.717, 1.165) is 6.07 Å². The van der Waals surface area contributed by atoms with Gasteiger partial charge in [-0.3, -0.25) is 10.1 Å². The molecule has 128 valence electrons. The van der Waals surface area contributed by atoms with Crippen molar-refractivity contribution in [3.8, 4) is 0 Å². The summed E-state index contributed by atoms with van der Waals surface area (Å²) in [6.45, 7) is 6.33. The third-order valence-electron chi connectivity index (χ3n) is 2.82. The highest BCUT2D eigenvalue weighted by molar-refractivity contribution is 9.10. The molecule has 0 saturated heterocycles. The van der Waals surface area contributed by atoms with Crippen LogP contribution >= 0.6 is 31.9 Å². The quantitative estimate of drug-likeness (QED) is 0.312. The number of benzene rings is 1. The maximum Gasteiger partial charge on any atom is 0.408 e. The molecule has 2 atom stereocenters. The lowest BCUT2D eigenvalue weighted by molar-refractivity contribution is -0.536. The van der Waals surface area contributed by atoms with Crippen molar-refractivity contribution in [3.63, 3.8) is 0 Å². The van der Waals surface area contributed by atoms with Crippen molar-refractivity contribution >= 4 is 38.0 Å². The Labute approximate surface area is 150 Å². The van der Waals surface area contributed by atoms with Gasteiger partial charge in [-0.1, -0.05) is 6.07 Å². The largest absolute Gasteiger partial charge is 0.444 e. The van der Waals surface area contributed by atoms with Crippen LogP contribution in [0.25, 0.3) is 0 Å². The van der Waals surface area contributed by atoms with E-state index in [1.165, 1.54) is 19.1 Å². The van der Waals surface area contributed by atoms with Crippen LogP contribution < -0.4 is 5.32 Å². The first-order valence-corrected chi connectivity index (χ1v) is 8.21. The number of ether oxygens (including phenoxy) is 1. The minimum atomic E-state index is -1.71. The molecule has 0 bridgehead atoms. The summed E-state index contributed by atoms with van der Waals surface area (Å²) < 4.78 is 17.0. The minimum Gasteiger partial charge on any atom is -0.444 e. The average molecular weight is 456 g/mol. The SMILES string of the molecule is CC(C)(C)OC(=O)N[C@H](c1ccc(F)c(Br)c1)[C@@](C)(Br)[N+](=O)[O-]. The molecule has 1 aromatic carbocycles. The van der Waals surface area contributed by atoms with Gasteiger partial charge in [-0.2, -0.15) is 0 Å². The Morgan fingerprint density at radius 1 is 1.39 bits per heavy atom. The summed E-state index contributed by atoms with van der Waals surface area (Å²) in [5, 5.41) is 13.8. The van der Waals surface area contributed by atoms with E-state index in [1.54, 1.807) is 20.8 Å². The van der Waals surface area contributed by atoms with Crippen LogP contribution in [0.1, 0.15) is 39.3 Å². The molecule has 9 heteroatoms. The highest BCUT2D eigenvalue weighted by atomic mass is 79.9. The maximum absolute atomic E-state index is 13.4. The summed E-state index contributed by atoms with van der Waals surface area (Å²) in [5.41, 5.74) is -0.407. The molecule has 0 aromatic heterocycles. The molecule has 0 heterocycles. The fourth-order valence-corrected chi connectivity index (χ4v) is 2.52. The number of nitro groups is 1. The van der Waals surface area contributed by atoms with Gasteiger partial charge in [0.15, 0.2) is 0 Å². The zero-order chi connectivity index (χ0) is 18.0. The number of rotatable bonds is 4. The van der Waals surface area contributed by atoms with Crippen molar-refractivity contribution in [1.29, 1.82) is 0 Å². The van der Waals surface area contributed by atoms with Gasteiger partial charge >= 0.3 is 6.09 Å². The van der Waals surface area contributed by atoms with E-state index < -0.39 is 32.9 Å². The number of alkyl carbamates (subject to hydrolysis) is 1. The van der Waals surface area contributed by atoms with E-state index in [4.69, 9.17) is 4.74 Å². The van der Waals surface area contributed by atoms with Crippen molar-refractivity contribution in [3.05, 3.63) is 44.2 Å². The summed E-state index contributed by atoms with van der Waals surface area (Å²) in [6, 6.07) is 2.82. The van der Waals surface area contributed by atoms with Crippen LogP contribution in [0.2, 0.25) is 0 Å². The Morgan fingerprint density at radius 3 is 2.39 bits per heavy atom. The van der Waals surface area contributed by atoms with Crippen LogP contribution in [0.15, 0.2) is 22.7 Å². The number of hydrogen-bond acceptors (Lipinski definition) is 4. The molecule has 0 aliphatic carbocycles. The van der Waals surface area contributed by atoms with Crippen molar-refractivity contribution in [2.75, 3.05) is 0 Å². The molecule has 1 rings (SSSR count). The van der Waals surface area contributed by atoms with Crippen molar-refractivity contribution in [2.24, 2.45) is 0 Å². The third-order valence-corrected chi connectivity index (χ3v) is 4.18. The second-order valence-electron chi connectivity index (χ2n) is 6.03. The topological polar surface area (TPSA) is 81.5 Å². The number of alkyl halides is 1. The van der Waals surface area contributed by atoms with E-state index in [2.05, 4.69) is 37.2 Å². The Bertz CT molecular complexity index is 617. The Balaban J connectivity index is 3.20. The normalized spacial score (nSPS) is 15.4. The number of carbonyl (C=O) groups is 1. The smallest absolute Gasteiger partial charge is 0.408 e. The average Bonchev–Trinajstić information content (AvgIpc) is 2.37. The first-order chi connectivity index (χ1) is 10.3. The molecule has 1 aromatic rings. The molecule has 0 unspecified atom stereocenters. The van der Waals surface area contributed by atoms with E-state index in [0.29, 0.717) is 5.56 Å². The fraction of sp³-hybridized carbons (Fsp3) is 0.500. The molecule has 0 aliphatic rings. The molecular weight excluding hydrogens is 439 g/mol. The number of nitrogens with zero attached hydrogens (tertiary/aromatic N) is 1. The Kier molecular flexibility index (Phi) is 6.14. The lowest BCUT2D eigenvalue weighted by atomic mass is 10.0. The summed E-state index contributed by atoms with van der Waals surface area (Å²) in [5.74, 6) is -0.512. The first-order valence-electron chi connectivity index (χ1n) is 6.62. The number of amides is 1. The predicted molar refractivity (Wildman–Crippen MR) is 90.5 cm³/mol. The van der Waals surface area contributed by atoms with Crippen LogP contribution in [0, 0.1) is 15.9 Å². The minimum absolute atomic E-state index is 0.137. The highest BCUT2D eigenvalue weighted by Gasteiger charge is 2.46. The van der Waals surface area contributed by atoms with Crippen molar-refractivity contribution in [1.82, 2.24) is 5.32 Å².